The number of hydrogen-bond acceptors (Lipinski definition) is 4. The van der Waals surface area contributed by atoms with Crippen LogP contribution < -0.4 is 0 Å². The number of hydrogen-bond donors (Lipinski definition) is 0. The molecule has 0 aromatic rings. The first-order chi connectivity index (χ1) is 7.90. The fraction of sp³-hybridized carbons (Fsp3) is 0.692. The Kier molecular flexibility index (Phi) is 2.76. The maximum Gasteiger partial charge on any atom is 0.309 e. The third-order valence-electron chi connectivity index (χ3n) is 4.12. The number of nitrogens with zero attached hydrogens (tertiary/aromatic N) is 1. The van der Waals surface area contributed by atoms with Gasteiger partial charge >= 0.3 is 5.97 Å². The van der Waals surface area contributed by atoms with Crippen LogP contribution in [-0.2, 0) is 14.3 Å². The van der Waals surface area contributed by atoms with E-state index in [9.17, 15) is 9.59 Å². The Morgan fingerprint density at radius 1 is 1.53 bits per heavy atom. The second-order valence-electron chi connectivity index (χ2n) is 5.51. The second-order valence-corrected chi connectivity index (χ2v) is 5.51. The molecule has 0 spiro atoms. The molecule has 4 nitrogen and oxygen atoms in total. The van der Waals surface area contributed by atoms with Gasteiger partial charge in [0.1, 0.15) is 0 Å². The van der Waals surface area contributed by atoms with Crippen molar-refractivity contribution in [2.45, 2.75) is 19.8 Å². The van der Waals surface area contributed by atoms with Crippen molar-refractivity contribution in [3.63, 3.8) is 0 Å². The maximum atomic E-state index is 12.2. The summed E-state index contributed by atoms with van der Waals surface area (Å²) in [6.07, 6.45) is 3.21. The lowest BCUT2D eigenvalue weighted by Gasteiger charge is -2.45. The van der Waals surface area contributed by atoms with Gasteiger partial charge in [-0.2, -0.15) is 0 Å². The third-order valence-corrected chi connectivity index (χ3v) is 4.12. The van der Waals surface area contributed by atoms with Crippen LogP contribution in [0.3, 0.4) is 0 Å². The molecule has 2 aliphatic rings. The molecule has 0 aromatic carbocycles. The number of esters is 1. The third kappa shape index (κ3) is 1.66. The lowest BCUT2D eigenvalue weighted by Crippen LogP contribution is -2.49. The van der Waals surface area contributed by atoms with Gasteiger partial charge in [-0.1, -0.05) is 6.92 Å². The molecule has 2 aliphatic carbocycles. The van der Waals surface area contributed by atoms with Crippen LogP contribution in [0.2, 0.25) is 0 Å². The van der Waals surface area contributed by atoms with Crippen LogP contribution >= 0.6 is 0 Å². The van der Waals surface area contributed by atoms with Crippen LogP contribution in [0.25, 0.3) is 0 Å². The largest absolute Gasteiger partial charge is 0.469 e. The summed E-state index contributed by atoms with van der Waals surface area (Å²) in [5, 5.41) is 0. The first kappa shape index (κ1) is 12.1. The number of ether oxygens (including phenoxy) is 1. The normalized spacial score (nSPS) is 37.6. The van der Waals surface area contributed by atoms with Crippen LogP contribution in [0, 0.1) is 17.3 Å². The van der Waals surface area contributed by atoms with Crippen molar-refractivity contribution in [2.24, 2.45) is 17.3 Å². The van der Waals surface area contributed by atoms with Gasteiger partial charge in [0.15, 0.2) is 5.78 Å². The smallest absolute Gasteiger partial charge is 0.309 e. The Hall–Kier alpha value is -1.32. The van der Waals surface area contributed by atoms with Gasteiger partial charge in [0.25, 0.3) is 0 Å². The number of fused-ring (bicyclic) bond motifs is 1. The van der Waals surface area contributed by atoms with Gasteiger partial charge in [0, 0.05) is 31.3 Å². The van der Waals surface area contributed by atoms with Crippen molar-refractivity contribution in [3.8, 4) is 0 Å². The fourth-order valence-electron chi connectivity index (χ4n) is 3.18. The maximum absolute atomic E-state index is 12.2. The molecule has 0 aliphatic heterocycles. The zero-order chi connectivity index (χ0) is 12.8. The summed E-state index contributed by atoms with van der Waals surface area (Å²) in [4.78, 5) is 25.7. The Morgan fingerprint density at radius 2 is 2.18 bits per heavy atom. The molecule has 3 unspecified atom stereocenters. The van der Waals surface area contributed by atoms with Gasteiger partial charge in [0.2, 0.25) is 0 Å². The first-order valence-corrected chi connectivity index (χ1v) is 5.90. The molecule has 4 heteroatoms. The quantitative estimate of drug-likeness (QED) is 0.535. The van der Waals surface area contributed by atoms with Gasteiger partial charge in [0.05, 0.1) is 13.0 Å². The summed E-state index contributed by atoms with van der Waals surface area (Å²) in [5.74, 6) is 0.0680. The Morgan fingerprint density at radius 3 is 2.71 bits per heavy atom. The van der Waals surface area contributed by atoms with Crippen LogP contribution in [0.5, 0.6) is 0 Å². The minimum atomic E-state index is -0.333. The van der Waals surface area contributed by atoms with E-state index in [-0.39, 0.29) is 29.0 Å². The molecule has 0 aromatic heterocycles. The SMILES string of the molecule is COC(=O)C1CC2(C)C(=O)C(=CN(C)C)CC12. The highest BCUT2D eigenvalue weighted by Crippen LogP contribution is 2.60. The summed E-state index contributed by atoms with van der Waals surface area (Å²) < 4.78 is 4.78. The van der Waals surface area contributed by atoms with Crippen LogP contribution in [0.15, 0.2) is 11.8 Å². The number of rotatable bonds is 2. The summed E-state index contributed by atoms with van der Waals surface area (Å²) in [7, 11) is 5.21. The number of carbonyl (C=O) groups excluding carboxylic acids is 2. The lowest BCUT2D eigenvalue weighted by atomic mass is 9.56. The number of carbonyl (C=O) groups is 2. The minimum Gasteiger partial charge on any atom is -0.469 e. The molecule has 17 heavy (non-hydrogen) atoms. The van der Waals surface area contributed by atoms with Crippen molar-refractivity contribution in [1.82, 2.24) is 4.90 Å². The van der Waals surface area contributed by atoms with Gasteiger partial charge in [-0.3, -0.25) is 9.59 Å². The fourth-order valence-corrected chi connectivity index (χ4v) is 3.18. The van der Waals surface area contributed by atoms with Crippen molar-refractivity contribution in [2.75, 3.05) is 21.2 Å². The van der Waals surface area contributed by atoms with Crippen molar-refractivity contribution in [3.05, 3.63) is 11.8 Å². The number of Topliss-reactive ketones (excluding diaryl/α,β-unsaturated/α-hetero) is 1. The zero-order valence-electron chi connectivity index (χ0n) is 10.8. The van der Waals surface area contributed by atoms with E-state index in [1.54, 1.807) is 0 Å². The molecule has 2 saturated carbocycles. The van der Waals surface area contributed by atoms with Crippen LogP contribution in [0.4, 0.5) is 0 Å². The molecule has 0 amide bonds. The van der Waals surface area contributed by atoms with Crippen LogP contribution in [0.1, 0.15) is 19.8 Å². The van der Waals surface area contributed by atoms with Gasteiger partial charge in [-0.25, -0.2) is 0 Å². The van der Waals surface area contributed by atoms with Crippen molar-refractivity contribution < 1.29 is 14.3 Å². The minimum absolute atomic E-state index is 0.0954. The van der Waals surface area contributed by atoms with E-state index in [1.165, 1.54) is 7.11 Å². The molecule has 94 valence electrons. The van der Waals surface area contributed by atoms with E-state index in [2.05, 4.69) is 0 Å². The Bertz CT molecular complexity index is 399. The molecule has 2 fully saturated rings. The summed E-state index contributed by atoms with van der Waals surface area (Å²) in [6, 6.07) is 0. The number of allylic oxidation sites excluding steroid dienone is 1. The molecule has 0 heterocycles. The van der Waals surface area contributed by atoms with E-state index in [0.717, 1.165) is 5.57 Å². The topological polar surface area (TPSA) is 46.6 Å². The Balaban J connectivity index is 2.20. The van der Waals surface area contributed by atoms with E-state index >= 15 is 0 Å². The first-order valence-electron chi connectivity index (χ1n) is 5.90. The zero-order valence-corrected chi connectivity index (χ0v) is 10.8. The molecular weight excluding hydrogens is 218 g/mol. The van der Waals surface area contributed by atoms with E-state index in [4.69, 9.17) is 4.74 Å². The van der Waals surface area contributed by atoms with Gasteiger partial charge in [-0.15, -0.1) is 0 Å². The van der Waals surface area contributed by atoms with Crippen LogP contribution in [-0.4, -0.2) is 37.9 Å². The Labute approximate surface area is 102 Å². The standard InChI is InChI=1S/C13H19NO3/c1-13-6-9(12(16)17-4)10(13)5-8(11(13)15)7-14(2)3/h7,9-10H,5-6H2,1-4H3. The second kappa shape index (κ2) is 3.86. The molecular formula is C13H19NO3. The highest BCUT2D eigenvalue weighted by molar-refractivity contribution is 6.04. The van der Waals surface area contributed by atoms with Gasteiger partial charge in [-0.05, 0) is 18.8 Å². The van der Waals surface area contributed by atoms with E-state index in [1.807, 2.05) is 32.1 Å². The molecule has 3 atom stereocenters. The highest BCUT2D eigenvalue weighted by atomic mass is 16.5. The molecule has 0 saturated heterocycles. The average molecular weight is 237 g/mol. The number of methoxy groups -OCH3 is 1. The van der Waals surface area contributed by atoms with Crippen molar-refractivity contribution >= 4 is 11.8 Å². The average Bonchev–Trinajstić information content (AvgIpc) is 2.43. The van der Waals surface area contributed by atoms with Crippen molar-refractivity contribution in [1.29, 1.82) is 0 Å². The monoisotopic (exact) mass is 237 g/mol. The lowest BCUT2D eigenvalue weighted by molar-refractivity contribution is -0.161. The van der Waals surface area contributed by atoms with Gasteiger partial charge < -0.3 is 9.64 Å². The molecule has 2 rings (SSSR count). The summed E-state index contributed by atoms with van der Waals surface area (Å²) in [6.45, 7) is 1.97. The number of ketones is 1. The molecule has 0 bridgehead atoms. The predicted octanol–water partition coefficient (Wildman–Crippen LogP) is 1.22. The molecule has 0 radical (unpaired) electrons. The summed E-state index contributed by atoms with van der Waals surface area (Å²) >= 11 is 0. The highest BCUT2D eigenvalue weighted by Gasteiger charge is 2.62. The molecule has 0 N–H and O–H groups in total. The van der Waals surface area contributed by atoms with E-state index in [0.29, 0.717) is 12.8 Å². The summed E-state index contributed by atoms with van der Waals surface area (Å²) in [5.41, 5.74) is 0.509. The predicted molar refractivity (Wildman–Crippen MR) is 63.1 cm³/mol. The van der Waals surface area contributed by atoms with E-state index < -0.39 is 0 Å².